The van der Waals surface area contributed by atoms with Crippen molar-refractivity contribution in [3.05, 3.63) is 68.7 Å². The molecule has 38 heavy (non-hydrogen) atoms. The van der Waals surface area contributed by atoms with Crippen LogP contribution in [0, 0.1) is 0 Å². The Bertz CT molecular complexity index is 1230. The van der Waals surface area contributed by atoms with Crippen molar-refractivity contribution in [1.29, 1.82) is 0 Å². The molecule has 7 nitrogen and oxygen atoms in total. The lowest BCUT2D eigenvalue weighted by atomic mass is 10.0. The molecule has 206 valence electrons. The molecular formula is C31H43N3O4. The lowest BCUT2D eigenvalue weighted by Gasteiger charge is -2.09. The van der Waals surface area contributed by atoms with Crippen LogP contribution in [0.25, 0.3) is 10.8 Å². The number of aromatic amines is 2. The van der Waals surface area contributed by atoms with Crippen LogP contribution in [0.1, 0.15) is 107 Å². The zero-order valence-electron chi connectivity index (χ0n) is 22.8. The third-order valence-corrected chi connectivity index (χ3v) is 6.96. The molecule has 7 heteroatoms. The van der Waals surface area contributed by atoms with E-state index in [0.717, 1.165) is 12.2 Å². The Morgan fingerprint density at radius 2 is 1.26 bits per heavy atom. The topological polar surface area (TPSA) is 104 Å². The Labute approximate surface area is 225 Å². The predicted octanol–water partition coefficient (Wildman–Crippen LogP) is 7.33. The van der Waals surface area contributed by atoms with Gasteiger partial charge >= 0.3 is 0 Å². The van der Waals surface area contributed by atoms with Gasteiger partial charge in [-0.2, -0.15) is 0 Å². The third-order valence-electron chi connectivity index (χ3n) is 6.96. The van der Waals surface area contributed by atoms with Gasteiger partial charge in [-0.1, -0.05) is 96.5 Å². The number of anilines is 1. The number of ether oxygens (including phenoxy) is 1. The first kappa shape index (κ1) is 29.2. The van der Waals surface area contributed by atoms with E-state index in [1.54, 1.807) is 42.5 Å². The molecule has 0 saturated carbocycles. The third kappa shape index (κ3) is 9.51. The largest absolute Gasteiger partial charge is 0.494 e. The monoisotopic (exact) mass is 521 g/mol. The van der Waals surface area contributed by atoms with Crippen LogP contribution >= 0.6 is 0 Å². The van der Waals surface area contributed by atoms with E-state index in [1.807, 2.05) is 0 Å². The highest BCUT2D eigenvalue weighted by Gasteiger charge is 2.12. The van der Waals surface area contributed by atoms with Crippen molar-refractivity contribution in [2.75, 3.05) is 11.9 Å². The standard InChI is InChI=1S/C31H43N3O4/c1-2-3-4-5-6-7-8-9-10-11-12-13-14-15-23-38-25-21-19-24(20-22-25)29(35)32-27-18-16-17-26-28(27)31(37)34-33-30(26)36/h16-22H,2-15,23H2,1H3,(H,32,35)(H,33,36)(H,34,37). The molecule has 0 aliphatic heterocycles. The number of benzene rings is 2. The summed E-state index contributed by atoms with van der Waals surface area (Å²) in [5.41, 5.74) is -0.163. The van der Waals surface area contributed by atoms with Crippen LogP contribution in [0.15, 0.2) is 52.1 Å². The number of carbonyl (C=O) groups is 1. The number of fused-ring (bicyclic) bond motifs is 1. The van der Waals surface area contributed by atoms with Crippen molar-refractivity contribution in [3.63, 3.8) is 0 Å². The summed E-state index contributed by atoms with van der Waals surface area (Å²) in [5, 5.41) is 7.69. The van der Waals surface area contributed by atoms with E-state index in [9.17, 15) is 14.4 Å². The molecule has 3 aromatic rings. The molecule has 0 aliphatic rings. The van der Waals surface area contributed by atoms with E-state index in [1.165, 1.54) is 83.5 Å². The highest BCUT2D eigenvalue weighted by Crippen LogP contribution is 2.19. The second kappa shape index (κ2) is 16.5. The van der Waals surface area contributed by atoms with Gasteiger partial charge in [0.1, 0.15) is 5.75 Å². The van der Waals surface area contributed by atoms with Gasteiger partial charge in [0.2, 0.25) is 0 Å². The van der Waals surface area contributed by atoms with Crippen molar-refractivity contribution in [3.8, 4) is 5.75 Å². The SMILES string of the molecule is CCCCCCCCCCCCCCCCOc1ccc(C(=O)Nc2cccc3c(=O)[nH][nH]c(=O)c23)cc1. The molecule has 3 N–H and O–H groups in total. The van der Waals surface area contributed by atoms with Gasteiger partial charge in [0.15, 0.2) is 0 Å². The van der Waals surface area contributed by atoms with Gasteiger partial charge in [-0.15, -0.1) is 0 Å². The number of aromatic nitrogens is 2. The first-order valence-electron chi connectivity index (χ1n) is 14.4. The van der Waals surface area contributed by atoms with E-state index in [2.05, 4.69) is 22.4 Å². The van der Waals surface area contributed by atoms with Gasteiger partial charge in [0, 0.05) is 5.56 Å². The molecule has 0 atom stereocenters. The Morgan fingerprint density at radius 1 is 0.711 bits per heavy atom. The molecule has 0 bridgehead atoms. The highest BCUT2D eigenvalue weighted by molar-refractivity contribution is 6.08. The summed E-state index contributed by atoms with van der Waals surface area (Å²) in [6, 6.07) is 11.7. The van der Waals surface area contributed by atoms with Crippen LogP contribution in [0.3, 0.4) is 0 Å². The summed E-state index contributed by atoms with van der Waals surface area (Å²) < 4.78 is 5.84. The molecule has 1 heterocycles. The van der Waals surface area contributed by atoms with Gasteiger partial charge in [-0.25, -0.2) is 0 Å². The minimum absolute atomic E-state index is 0.151. The predicted molar refractivity (Wildman–Crippen MR) is 155 cm³/mol. The average Bonchev–Trinajstić information content (AvgIpc) is 2.93. The van der Waals surface area contributed by atoms with Crippen molar-refractivity contribution in [1.82, 2.24) is 10.2 Å². The summed E-state index contributed by atoms with van der Waals surface area (Å²) in [7, 11) is 0. The molecule has 2 aromatic carbocycles. The smallest absolute Gasteiger partial charge is 0.272 e. The molecule has 0 saturated heterocycles. The maximum atomic E-state index is 12.7. The second-order valence-corrected chi connectivity index (χ2v) is 10.1. The van der Waals surface area contributed by atoms with Crippen molar-refractivity contribution in [2.45, 2.75) is 96.8 Å². The molecule has 0 spiro atoms. The second-order valence-electron chi connectivity index (χ2n) is 10.1. The van der Waals surface area contributed by atoms with E-state index in [0.29, 0.717) is 12.2 Å². The molecule has 3 rings (SSSR count). The summed E-state index contributed by atoms with van der Waals surface area (Å²) in [5.74, 6) is 0.361. The summed E-state index contributed by atoms with van der Waals surface area (Å²) >= 11 is 0. The maximum Gasteiger partial charge on any atom is 0.272 e. The molecule has 1 amide bonds. The zero-order chi connectivity index (χ0) is 27.0. The number of hydrogen-bond acceptors (Lipinski definition) is 4. The van der Waals surface area contributed by atoms with Gasteiger partial charge in [0.05, 0.1) is 23.1 Å². The van der Waals surface area contributed by atoms with Crippen molar-refractivity contribution < 1.29 is 9.53 Å². The number of unbranched alkanes of at least 4 members (excludes halogenated alkanes) is 13. The van der Waals surface area contributed by atoms with E-state index < -0.39 is 11.1 Å². The normalized spacial score (nSPS) is 11.1. The summed E-state index contributed by atoms with van der Waals surface area (Å²) in [4.78, 5) is 36.9. The number of nitrogens with one attached hydrogen (secondary N) is 3. The molecule has 0 fully saturated rings. The molecule has 0 aliphatic carbocycles. The van der Waals surface area contributed by atoms with Crippen LogP contribution < -0.4 is 21.2 Å². The lowest BCUT2D eigenvalue weighted by molar-refractivity contribution is 0.102. The quantitative estimate of drug-likeness (QED) is 0.152. The maximum absolute atomic E-state index is 12.7. The van der Waals surface area contributed by atoms with Gasteiger partial charge in [-0.05, 0) is 42.8 Å². The fourth-order valence-electron chi connectivity index (χ4n) is 4.72. The van der Waals surface area contributed by atoms with Gasteiger partial charge < -0.3 is 10.1 Å². The minimum Gasteiger partial charge on any atom is -0.494 e. The molecule has 0 unspecified atom stereocenters. The van der Waals surface area contributed by atoms with Gasteiger partial charge in [0.25, 0.3) is 17.0 Å². The van der Waals surface area contributed by atoms with E-state index >= 15 is 0 Å². The number of hydrogen-bond donors (Lipinski definition) is 3. The number of amides is 1. The first-order valence-corrected chi connectivity index (χ1v) is 14.4. The Morgan fingerprint density at radius 3 is 1.87 bits per heavy atom. The molecule has 0 radical (unpaired) electrons. The number of rotatable bonds is 18. The highest BCUT2D eigenvalue weighted by atomic mass is 16.5. The minimum atomic E-state index is -0.470. The lowest BCUT2D eigenvalue weighted by Crippen LogP contribution is -2.21. The summed E-state index contributed by atoms with van der Waals surface area (Å²) in [6.45, 7) is 2.93. The Balaban J connectivity index is 1.29. The fourth-order valence-corrected chi connectivity index (χ4v) is 4.72. The van der Waals surface area contributed by atoms with Crippen LogP contribution in [0.5, 0.6) is 5.75 Å². The number of H-pyrrole nitrogens is 2. The zero-order valence-corrected chi connectivity index (χ0v) is 22.8. The molecular weight excluding hydrogens is 478 g/mol. The average molecular weight is 522 g/mol. The van der Waals surface area contributed by atoms with Gasteiger partial charge in [-0.3, -0.25) is 24.6 Å². The number of carbonyl (C=O) groups excluding carboxylic acids is 1. The van der Waals surface area contributed by atoms with Crippen molar-refractivity contribution >= 4 is 22.4 Å². The van der Waals surface area contributed by atoms with E-state index in [-0.39, 0.29) is 22.4 Å². The van der Waals surface area contributed by atoms with Crippen LogP contribution in [0.4, 0.5) is 5.69 Å². The fraction of sp³-hybridized carbons (Fsp3) is 0.516. The van der Waals surface area contributed by atoms with Crippen LogP contribution in [-0.2, 0) is 0 Å². The summed E-state index contributed by atoms with van der Waals surface area (Å²) in [6.07, 6.45) is 18.6. The van der Waals surface area contributed by atoms with Crippen LogP contribution in [0.2, 0.25) is 0 Å². The Hall–Kier alpha value is -3.35. The van der Waals surface area contributed by atoms with Crippen molar-refractivity contribution in [2.24, 2.45) is 0 Å². The van der Waals surface area contributed by atoms with Crippen LogP contribution in [-0.4, -0.2) is 22.7 Å². The Kier molecular flexibility index (Phi) is 12.7. The first-order chi connectivity index (χ1) is 18.6. The van der Waals surface area contributed by atoms with E-state index in [4.69, 9.17) is 4.74 Å². The molecule has 1 aromatic heterocycles.